The second-order valence-corrected chi connectivity index (χ2v) is 6.74. The maximum absolute atomic E-state index is 11.7. The van der Waals surface area contributed by atoms with Gasteiger partial charge in [0.1, 0.15) is 15.5 Å². The molecule has 0 aromatic carbocycles. The van der Waals surface area contributed by atoms with Crippen LogP contribution in [0, 0.1) is 0 Å². The largest absolute Gasteiger partial charge is 0.494 e. The van der Waals surface area contributed by atoms with Gasteiger partial charge in [-0.1, -0.05) is 0 Å². The summed E-state index contributed by atoms with van der Waals surface area (Å²) in [4.78, 5) is 11.2. The molecule has 0 saturated carbocycles. The third-order valence-electron chi connectivity index (χ3n) is 1.71. The smallest absolute Gasteiger partial charge is 0.350 e. The molecule has 0 atom stereocenters. The fourth-order valence-corrected chi connectivity index (χ4v) is 3.73. The lowest BCUT2D eigenvalue weighted by atomic mass is 10.4. The molecule has 0 radical (unpaired) electrons. The van der Waals surface area contributed by atoms with E-state index in [2.05, 4.69) is 0 Å². The van der Waals surface area contributed by atoms with E-state index in [0.29, 0.717) is 0 Å². The molecule has 1 heterocycles. The average molecular weight is 299 g/mol. The van der Waals surface area contributed by atoms with Crippen molar-refractivity contribution < 1.29 is 22.7 Å². The van der Waals surface area contributed by atoms with Crippen molar-refractivity contribution in [2.24, 2.45) is 0 Å². The van der Waals surface area contributed by atoms with E-state index >= 15 is 0 Å². The summed E-state index contributed by atoms with van der Waals surface area (Å²) < 4.78 is 32.5. The Morgan fingerprint density at radius 3 is 2.47 bits per heavy atom. The van der Waals surface area contributed by atoms with E-state index in [1.165, 1.54) is 12.5 Å². The Morgan fingerprint density at radius 1 is 1.47 bits per heavy atom. The molecule has 0 bridgehead atoms. The predicted molar refractivity (Wildman–Crippen MR) is 64.5 cm³/mol. The van der Waals surface area contributed by atoms with Gasteiger partial charge in [-0.05, 0) is 13.8 Å². The first-order valence-electron chi connectivity index (χ1n) is 4.58. The number of esters is 1. The van der Waals surface area contributed by atoms with Gasteiger partial charge in [-0.15, -0.1) is 11.3 Å². The molecule has 0 aliphatic carbocycles. The molecule has 96 valence electrons. The molecule has 8 heteroatoms. The van der Waals surface area contributed by atoms with Gasteiger partial charge in [0.05, 0.1) is 13.2 Å². The van der Waals surface area contributed by atoms with Gasteiger partial charge in [-0.25, -0.2) is 13.2 Å². The van der Waals surface area contributed by atoms with E-state index in [1.807, 2.05) is 0 Å². The van der Waals surface area contributed by atoms with E-state index in [9.17, 15) is 13.2 Å². The zero-order valence-corrected chi connectivity index (χ0v) is 11.8. The normalized spacial score (nSPS) is 11.6. The number of hydrogen-bond acceptors (Lipinski definition) is 6. The van der Waals surface area contributed by atoms with Gasteiger partial charge in [0.2, 0.25) is 0 Å². The van der Waals surface area contributed by atoms with Crippen LogP contribution in [0.15, 0.2) is 10.3 Å². The minimum absolute atomic E-state index is 0.0423. The lowest BCUT2D eigenvalue weighted by Crippen LogP contribution is -2.12. The minimum Gasteiger partial charge on any atom is -0.494 e. The quantitative estimate of drug-likeness (QED) is 0.630. The van der Waals surface area contributed by atoms with Gasteiger partial charge in [0.25, 0.3) is 9.05 Å². The lowest BCUT2D eigenvalue weighted by Gasteiger charge is -2.07. The number of carbonyl (C=O) groups excluding carboxylic acids is 1. The summed E-state index contributed by atoms with van der Waals surface area (Å²) in [5, 5.41) is 1.40. The molecule has 1 aromatic rings. The Kier molecular flexibility index (Phi) is 4.40. The highest BCUT2D eigenvalue weighted by molar-refractivity contribution is 8.14. The van der Waals surface area contributed by atoms with Crippen LogP contribution < -0.4 is 4.74 Å². The molecule has 17 heavy (non-hydrogen) atoms. The van der Waals surface area contributed by atoms with Gasteiger partial charge < -0.3 is 9.47 Å². The monoisotopic (exact) mass is 298 g/mol. The van der Waals surface area contributed by atoms with Crippen molar-refractivity contribution in [1.82, 2.24) is 0 Å². The zero-order chi connectivity index (χ0) is 13.2. The fourth-order valence-electron chi connectivity index (χ4n) is 1.11. The molecule has 1 aromatic heterocycles. The number of thiophene rings is 1. The molecular weight excluding hydrogens is 288 g/mol. The molecule has 0 amide bonds. The highest BCUT2D eigenvalue weighted by atomic mass is 35.7. The van der Waals surface area contributed by atoms with Crippen LogP contribution in [0.4, 0.5) is 0 Å². The molecule has 0 fully saturated rings. The topological polar surface area (TPSA) is 69.7 Å². The van der Waals surface area contributed by atoms with E-state index in [-0.39, 0.29) is 21.6 Å². The maximum atomic E-state index is 11.7. The van der Waals surface area contributed by atoms with Crippen molar-refractivity contribution in [3.05, 3.63) is 10.3 Å². The number of hydrogen-bond donors (Lipinski definition) is 0. The Hall–Kier alpha value is -0.790. The van der Waals surface area contributed by atoms with Gasteiger partial charge in [0.15, 0.2) is 0 Å². The predicted octanol–water partition coefficient (Wildman–Crippen LogP) is 2.25. The molecule has 0 spiro atoms. The maximum Gasteiger partial charge on any atom is 0.350 e. The van der Waals surface area contributed by atoms with Crippen LogP contribution >= 0.6 is 22.0 Å². The molecule has 0 aliphatic rings. The summed E-state index contributed by atoms with van der Waals surface area (Å²) in [6.07, 6.45) is -0.346. The number of carbonyl (C=O) groups is 1. The van der Waals surface area contributed by atoms with Crippen molar-refractivity contribution in [1.29, 1.82) is 0 Å². The molecule has 5 nitrogen and oxygen atoms in total. The minimum atomic E-state index is -4.06. The van der Waals surface area contributed by atoms with Crippen LogP contribution in [0.5, 0.6) is 5.75 Å². The van der Waals surface area contributed by atoms with Crippen LogP contribution in [0.3, 0.4) is 0 Å². The second kappa shape index (κ2) is 5.24. The van der Waals surface area contributed by atoms with Crippen molar-refractivity contribution in [2.45, 2.75) is 24.8 Å². The number of rotatable bonds is 4. The Labute approximate surface area is 108 Å². The summed E-state index contributed by atoms with van der Waals surface area (Å²) in [5.41, 5.74) is 0. The number of methoxy groups -OCH3 is 1. The summed E-state index contributed by atoms with van der Waals surface area (Å²) in [5.74, 6) is -0.687. The molecule has 0 saturated heterocycles. The van der Waals surface area contributed by atoms with Gasteiger partial charge in [-0.3, -0.25) is 0 Å². The first kappa shape index (κ1) is 14.3. The van der Waals surface area contributed by atoms with Crippen molar-refractivity contribution >= 4 is 37.0 Å². The van der Waals surface area contributed by atoms with Crippen molar-refractivity contribution in [2.75, 3.05) is 7.11 Å². The highest BCUT2D eigenvalue weighted by Crippen LogP contribution is 2.36. The summed E-state index contributed by atoms with van der Waals surface area (Å²) in [6.45, 7) is 3.33. The Bertz CT molecular complexity index is 517. The Morgan fingerprint density at radius 2 is 2.06 bits per heavy atom. The van der Waals surface area contributed by atoms with E-state index in [4.69, 9.17) is 20.2 Å². The number of ether oxygens (including phenoxy) is 2. The SMILES string of the molecule is COc1csc(C(=O)OC(C)C)c1S(=O)(=O)Cl. The van der Waals surface area contributed by atoms with Gasteiger partial charge in [-0.2, -0.15) is 0 Å². The standard InChI is InChI=1S/C9H11ClO5S2/c1-5(2)15-9(11)7-8(17(10,12)13)6(14-3)4-16-7/h4-5H,1-3H3. The lowest BCUT2D eigenvalue weighted by molar-refractivity contribution is 0.0379. The first-order chi connectivity index (χ1) is 7.77. The molecule has 0 N–H and O–H groups in total. The van der Waals surface area contributed by atoms with Crippen LogP contribution in [-0.2, 0) is 13.8 Å². The Balaban J connectivity index is 3.27. The summed E-state index contributed by atoms with van der Waals surface area (Å²) in [7, 11) is 2.50. The summed E-state index contributed by atoms with van der Waals surface area (Å²) >= 11 is 0.915. The highest BCUT2D eigenvalue weighted by Gasteiger charge is 2.29. The number of halogens is 1. The third-order valence-corrected chi connectivity index (χ3v) is 4.13. The zero-order valence-electron chi connectivity index (χ0n) is 9.39. The average Bonchev–Trinajstić information content (AvgIpc) is 2.58. The van der Waals surface area contributed by atoms with Crippen LogP contribution in [0.25, 0.3) is 0 Å². The van der Waals surface area contributed by atoms with E-state index in [1.54, 1.807) is 13.8 Å². The molecular formula is C9H11ClO5S2. The fraction of sp³-hybridized carbons (Fsp3) is 0.444. The van der Waals surface area contributed by atoms with Crippen LogP contribution in [0.1, 0.15) is 23.5 Å². The van der Waals surface area contributed by atoms with Crippen molar-refractivity contribution in [3.63, 3.8) is 0 Å². The molecule has 1 rings (SSSR count). The second-order valence-electron chi connectivity index (χ2n) is 3.35. The third kappa shape index (κ3) is 3.34. The first-order valence-corrected chi connectivity index (χ1v) is 7.77. The van der Waals surface area contributed by atoms with Crippen LogP contribution in [0.2, 0.25) is 0 Å². The molecule has 0 unspecified atom stereocenters. The van der Waals surface area contributed by atoms with Crippen molar-refractivity contribution in [3.8, 4) is 5.75 Å². The van der Waals surface area contributed by atoms with Gasteiger partial charge in [0, 0.05) is 16.1 Å². The van der Waals surface area contributed by atoms with E-state index < -0.39 is 15.0 Å². The van der Waals surface area contributed by atoms with Gasteiger partial charge >= 0.3 is 5.97 Å². The van der Waals surface area contributed by atoms with E-state index in [0.717, 1.165) is 11.3 Å². The van der Waals surface area contributed by atoms with Crippen LogP contribution in [-0.4, -0.2) is 27.6 Å². The summed E-state index contributed by atoms with van der Waals surface area (Å²) in [6, 6.07) is 0. The molecule has 0 aliphatic heterocycles.